The maximum atomic E-state index is 11.7. The molecule has 6 heteroatoms. The third kappa shape index (κ3) is 3.93. The van der Waals surface area contributed by atoms with Crippen molar-refractivity contribution in [2.24, 2.45) is 0 Å². The van der Waals surface area contributed by atoms with Gasteiger partial charge in [-0.05, 0) is 50.2 Å². The van der Waals surface area contributed by atoms with E-state index in [-0.39, 0.29) is 18.4 Å². The summed E-state index contributed by atoms with van der Waals surface area (Å²) >= 11 is 0. The molecule has 132 valence electrons. The highest BCUT2D eigenvalue weighted by Gasteiger charge is 2.11. The fourth-order valence-electron chi connectivity index (χ4n) is 2.57. The molecule has 0 radical (unpaired) electrons. The van der Waals surface area contributed by atoms with Crippen LogP contribution in [0.3, 0.4) is 0 Å². The molecule has 0 unspecified atom stereocenters. The smallest absolute Gasteiger partial charge is 0.338 e. The molecule has 0 atom stereocenters. The highest BCUT2D eigenvalue weighted by Crippen LogP contribution is 2.29. The van der Waals surface area contributed by atoms with Crippen molar-refractivity contribution in [1.29, 1.82) is 5.26 Å². The second-order valence-corrected chi connectivity index (χ2v) is 5.60. The minimum atomic E-state index is -0.350. The van der Waals surface area contributed by atoms with E-state index in [1.54, 1.807) is 37.4 Å². The zero-order valence-electron chi connectivity index (χ0n) is 14.4. The van der Waals surface area contributed by atoms with Crippen molar-refractivity contribution in [1.82, 2.24) is 4.98 Å². The van der Waals surface area contributed by atoms with E-state index >= 15 is 0 Å². The predicted molar refractivity (Wildman–Crippen MR) is 104 cm³/mol. The van der Waals surface area contributed by atoms with Gasteiger partial charge in [-0.15, -0.1) is 12.4 Å². The van der Waals surface area contributed by atoms with Gasteiger partial charge in [0.15, 0.2) is 0 Å². The number of ether oxygens (including phenoxy) is 1. The van der Waals surface area contributed by atoms with Gasteiger partial charge in [-0.25, -0.2) is 4.79 Å². The van der Waals surface area contributed by atoms with Crippen molar-refractivity contribution in [3.8, 4) is 6.07 Å². The summed E-state index contributed by atoms with van der Waals surface area (Å²) < 4.78 is 4.98. The molecular formula is C20H18ClN3O2. The molecule has 0 saturated carbocycles. The molecule has 2 aromatic carbocycles. The number of aryl methyl sites for hydroxylation is 1. The van der Waals surface area contributed by atoms with Crippen LogP contribution in [0.5, 0.6) is 0 Å². The molecular weight excluding hydrogens is 350 g/mol. The molecule has 3 aromatic rings. The molecule has 1 heterocycles. The third-order valence-corrected chi connectivity index (χ3v) is 3.81. The van der Waals surface area contributed by atoms with E-state index in [0.717, 1.165) is 22.2 Å². The van der Waals surface area contributed by atoms with Gasteiger partial charge in [-0.3, -0.25) is 4.98 Å². The molecule has 1 aromatic heterocycles. The van der Waals surface area contributed by atoms with Crippen LogP contribution in [0.25, 0.3) is 10.9 Å². The van der Waals surface area contributed by atoms with Gasteiger partial charge in [0.25, 0.3) is 0 Å². The van der Waals surface area contributed by atoms with Crippen molar-refractivity contribution in [2.75, 3.05) is 11.9 Å². The van der Waals surface area contributed by atoms with Crippen molar-refractivity contribution in [3.63, 3.8) is 0 Å². The Hall–Kier alpha value is -3.10. The number of hydrogen-bond donors (Lipinski definition) is 1. The maximum absolute atomic E-state index is 11.7. The van der Waals surface area contributed by atoms with Crippen LogP contribution in [0.2, 0.25) is 0 Å². The fourth-order valence-corrected chi connectivity index (χ4v) is 2.57. The van der Waals surface area contributed by atoms with Gasteiger partial charge >= 0.3 is 5.97 Å². The number of nitrogens with one attached hydrogen (secondary N) is 1. The number of carbonyl (C=O) groups is 1. The van der Waals surface area contributed by atoms with Crippen LogP contribution in [-0.2, 0) is 4.74 Å². The first-order valence-electron chi connectivity index (χ1n) is 7.96. The number of carbonyl (C=O) groups excluding carboxylic acids is 1. The monoisotopic (exact) mass is 367 g/mol. The quantitative estimate of drug-likeness (QED) is 0.673. The van der Waals surface area contributed by atoms with E-state index in [0.29, 0.717) is 23.4 Å². The summed E-state index contributed by atoms with van der Waals surface area (Å²) in [5, 5.41) is 13.6. The summed E-state index contributed by atoms with van der Waals surface area (Å²) in [5.41, 5.74) is 4.34. The van der Waals surface area contributed by atoms with Crippen molar-refractivity contribution in [2.45, 2.75) is 13.8 Å². The Labute approximate surface area is 158 Å². The van der Waals surface area contributed by atoms with Gasteiger partial charge in [0.1, 0.15) is 6.07 Å². The minimum Gasteiger partial charge on any atom is -0.462 e. The molecule has 0 aliphatic carbocycles. The average Bonchev–Trinajstić information content (AvgIpc) is 2.63. The van der Waals surface area contributed by atoms with Crippen molar-refractivity contribution in [3.05, 3.63) is 65.4 Å². The molecule has 0 spiro atoms. The van der Waals surface area contributed by atoms with Crippen LogP contribution >= 0.6 is 12.4 Å². The van der Waals surface area contributed by atoms with Crippen LogP contribution in [0.4, 0.5) is 11.4 Å². The van der Waals surface area contributed by atoms with E-state index in [1.165, 1.54) is 0 Å². The van der Waals surface area contributed by atoms with Gasteiger partial charge < -0.3 is 10.1 Å². The predicted octanol–water partition coefficient (Wildman–Crippen LogP) is 4.76. The molecule has 0 fully saturated rings. The number of pyridine rings is 1. The second kappa shape index (κ2) is 8.32. The molecule has 5 nitrogen and oxygen atoms in total. The van der Waals surface area contributed by atoms with Crippen LogP contribution in [-0.4, -0.2) is 17.6 Å². The molecule has 1 N–H and O–H groups in total. The zero-order valence-corrected chi connectivity index (χ0v) is 15.3. The van der Waals surface area contributed by atoms with Crippen LogP contribution < -0.4 is 5.32 Å². The van der Waals surface area contributed by atoms with Crippen LogP contribution in [0.1, 0.15) is 28.4 Å². The average molecular weight is 368 g/mol. The third-order valence-electron chi connectivity index (χ3n) is 3.81. The summed E-state index contributed by atoms with van der Waals surface area (Å²) in [6.45, 7) is 4.11. The lowest BCUT2D eigenvalue weighted by atomic mass is 10.1. The largest absolute Gasteiger partial charge is 0.462 e. The number of nitriles is 1. The van der Waals surface area contributed by atoms with Gasteiger partial charge in [0, 0.05) is 17.3 Å². The number of hydrogen-bond acceptors (Lipinski definition) is 5. The SMILES string of the molecule is CCOC(=O)c1ccc(Nc2c(C#N)cnc3ccc(C)cc23)cc1.Cl. The fraction of sp³-hybridized carbons (Fsp3) is 0.150. The van der Waals surface area contributed by atoms with Crippen molar-refractivity contribution < 1.29 is 9.53 Å². The Morgan fingerprint density at radius 1 is 1.23 bits per heavy atom. The molecule has 3 rings (SSSR count). The molecule has 0 amide bonds. The highest BCUT2D eigenvalue weighted by atomic mass is 35.5. The summed E-state index contributed by atoms with van der Waals surface area (Å²) in [6.07, 6.45) is 1.56. The Bertz CT molecular complexity index is 979. The number of aromatic nitrogens is 1. The lowest BCUT2D eigenvalue weighted by Crippen LogP contribution is -2.04. The number of halogens is 1. The highest BCUT2D eigenvalue weighted by molar-refractivity contribution is 5.96. The van der Waals surface area contributed by atoms with Crippen LogP contribution in [0.15, 0.2) is 48.7 Å². The summed E-state index contributed by atoms with van der Waals surface area (Å²) in [7, 11) is 0. The van der Waals surface area contributed by atoms with E-state index in [2.05, 4.69) is 16.4 Å². The van der Waals surface area contributed by atoms with E-state index < -0.39 is 0 Å². The lowest BCUT2D eigenvalue weighted by Gasteiger charge is -2.12. The van der Waals surface area contributed by atoms with Gasteiger partial charge in [-0.2, -0.15) is 5.26 Å². The molecule has 0 saturated heterocycles. The molecule has 0 aliphatic heterocycles. The van der Waals surface area contributed by atoms with E-state index in [9.17, 15) is 10.1 Å². The molecule has 0 aliphatic rings. The Balaban J connectivity index is 0.00000243. The van der Waals surface area contributed by atoms with Gasteiger partial charge in [0.2, 0.25) is 0 Å². The lowest BCUT2D eigenvalue weighted by molar-refractivity contribution is 0.0526. The normalized spacial score (nSPS) is 9.88. The molecule has 0 bridgehead atoms. The maximum Gasteiger partial charge on any atom is 0.338 e. The first kappa shape index (κ1) is 19.2. The molecule has 26 heavy (non-hydrogen) atoms. The second-order valence-electron chi connectivity index (χ2n) is 5.60. The van der Waals surface area contributed by atoms with Gasteiger partial charge in [0.05, 0.1) is 28.9 Å². The van der Waals surface area contributed by atoms with Crippen molar-refractivity contribution >= 4 is 40.7 Å². The summed E-state index contributed by atoms with van der Waals surface area (Å²) in [6, 6.07) is 15.1. The van der Waals surface area contributed by atoms with Gasteiger partial charge in [-0.1, -0.05) is 11.6 Å². The first-order chi connectivity index (χ1) is 12.1. The first-order valence-corrected chi connectivity index (χ1v) is 7.96. The number of benzene rings is 2. The Morgan fingerprint density at radius 2 is 1.96 bits per heavy atom. The zero-order chi connectivity index (χ0) is 17.8. The van der Waals surface area contributed by atoms with Crippen LogP contribution in [0, 0.1) is 18.3 Å². The summed E-state index contributed by atoms with van der Waals surface area (Å²) in [4.78, 5) is 16.1. The number of esters is 1. The number of fused-ring (bicyclic) bond motifs is 1. The standard InChI is InChI=1S/C20H17N3O2.ClH/c1-3-25-20(24)14-5-7-16(8-6-14)23-19-15(11-21)12-22-18-9-4-13(2)10-17(18)19;/h4-10,12H,3H2,1-2H3,(H,22,23);1H. The Kier molecular flexibility index (Phi) is 6.16. The Morgan fingerprint density at radius 3 is 2.62 bits per heavy atom. The number of anilines is 2. The minimum absolute atomic E-state index is 0. The summed E-state index contributed by atoms with van der Waals surface area (Å²) in [5.74, 6) is -0.350. The van der Waals surface area contributed by atoms with E-state index in [4.69, 9.17) is 4.74 Å². The van der Waals surface area contributed by atoms with E-state index in [1.807, 2.05) is 25.1 Å². The number of rotatable bonds is 4. The topological polar surface area (TPSA) is 75.0 Å². The number of nitrogens with zero attached hydrogens (tertiary/aromatic N) is 2.